The van der Waals surface area contributed by atoms with E-state index < -0.39 is 0 Å². The first-order chi connectivity index (χ1) is 6.96. The molecule has 1 aromatic carbocycles. The first kappa shape index (κ1) is 11.8. The fourth-order valence-corrected chi connectivity index (χ4v) is 1.59. The van der Waals surface area contributed by atoms with Gasteiger partial charge in [0.15, 0.2) is 5.75 Å². The van der Waals surface area contributed by atoms with Gasteiger partial charge in [0.05, 0.1) is 0 Å². The monoisotopic (exact) mass is 205 g/mol. The van der Waals surface area contributed by atoms with E-state index in [0.717, 1.165) is 12.0 Å². The maximum absolute atomic E-state index is 5.16. The highest BCUT2D eigenvalue weighted by Crippen LogP contribution is 2.25. The molecule has 0 fully saturated rings. The molecule has 0 aliphatic heterocycles. The molecule has 0 aliphatic rings. The van der Waals surface area contributed by atoms with E-state index in [1.807, 2.05) is 12.1 Å². The smallest absolute Gasteiger partial charge is 0.154 e. The maximum Gasteiger partial charge on any atom is 0.154 e. The largest absolute Gasteiger partial charge is 0.411 e. The molecule has 0 radical (unpaired) electrons. The fourth-order valence-electron chi connectivity index (χ4n) is 1.59. The van der Waals surface area contributed by atoms with Gasteiger partial charge in [0.25, 0.3) is 0 Å². The summed E-state index contributed by atoms with van der Waals surface area (Å²) in [5.74, 6) is 5.82. The number of benzene rings is 1. The van der Waals surface area contributed by atoms with Gasteiger partial charge in [0, 0.05) is 5.56 Å². The third-order valence-electron chi connectivity index (χ3n) is 2.16. The third-order valence-corrected chi connectivity index (χ3v) is 2.16. The summed E-state index contributed by atoms with van der Waals surface area (Å²) in [5, 5.41) is 0. The molecule has 1 aromatic rings. The Morgan fingerprint density at radius 2 is 2.07 bits per heavy atom. The van der Waals surface area contributed by atoms with E-state index in [1.165, 1.54) is 5.56 Å². The molecule has 0 spiro atoms. The molecule has 0 bridgehead atoms. The Labute approximate surface area is 91.7 Å². The SMILES string of the molecule is C=Cc1cc(CC(C)(C)C)ccc1ON. The van der Waals surface area contributed by atoms with E-state index in [0.29, 0.717) is 5.75 Å². The lowest BCUT2D eigenvalue weighted by Crippen LogP contribution is -2.10. The van der Waals surface area contributed by atoms with Crippen molar-refractivity contribution in [1.82, 2.24) is 0 Å². The van der Waals surface area contributed by atoms with Crippen molar-refractivity contribution in [2.75, 3.05) is 0 Å². The van der Waals surface area contributed by atoms with Crippen LogP contribution in [0.4, 0.5) is 0 Å². The molecule has 82 valence electrons. The molecule has 0 aromatic heterocycles. The van der Waals surface area contributed by atoms with Crippen LogP contribution in [0.5, 0.6) is 5.75 Å². The standard InChI is InChI=1S/C13H19NO/c1-5-11-8-10(9-13(2,3)4)6-7-12(11)15-14/h5-8H,1,9,14H2,2-4H3. The van der Waals surface area contributed by atoms with Gasteiger partial charge in [0.1, 0.15) is 0 Å². The molecule has 0 saturated carbocycles. The molecule has 0 aliphatic carbocycles. The summed E-state index contributed by atoms with van der Waals surface area (Å²) in [6.07, 6.45) is 2.78. The Morgan fingerprint density at radius 1 is 1.40 bits per heavy atom. The fraction of sp³-hybridized carbons (Fsp3) is 0.385. The van der Waals surface area contributed by atoms with Crippen molar-refractivity contribution in [2.24, 2.45) is 11.3 Å². The normalized spacial score (nSPS) is 11.2. The Kier molecular flexibility index (Phi) is 3.53. The molecule has 15 heavy (non-hydrogen) atoms. The third kappa shape index (κ3) is 3.40. The van der Waals surface area contributed by atoms with Crippen LogP contribution >= 0.6 is 0 Å². The first-order valence-corrected chi connectivity index (χ1v) is 5.08. The summed E-state index contributed by atoms with van der Waals surface area (Å²) >= 11 is 0. The van der Waals surface area contributed by atoms with Crippen molar-refractivity contribution in [3.8, 4) is 5.75 Å². The van der Waals surface area contributed by atoms with Crippen molar-refractivity contribution >= 4 is 6.08 Å². The maximum atomic E-state index is 5.16. The number of hydrogen-bond acceptors (Lipinski definition) is 2. The van der Waals surface area contributed by atoms with Crippen molar-refractivity contribution in [2.45, 2.75) is 27.2 Å². The summed E-state index contributed by atoms with van der Waals surface area (Å²) in [6, 6.07) is 6.00. The van der Waals surface area contributed by atoms with Crippen LogP contribution in [0.3, 0.4) is 0 Å². The van der Waals surface area contributed by atoms with Gasteiger partial charge in [-0.25, -0.2) is 0 Å². The molecule has 2 N–H and O–H groups in total. The van der Waals surface area contributed by atoms with Gasteiger partial charge in [-0.15, -0.1) is 0 Å². The molecule has 0 atom stereocenters. The summed E-state index contributed by atoms with van der Waals surface area (Å²) in [4.78, 5) is 4.75. The quantitative estimate of drug-likeness (QED) is 0.769. The van der Waals surface area contributed by atoms with Crippen molar-refractivity contribution in [3.05, 3.63) is 35.9 Å². The van der Waals surface area contributed by atoms with Crippen LogP contribution in [0.15, 0.2) is 24.8 Å². The van der Waals surface area contributed by atoms with Gasteiger partial charge < -0.3 is 4.84 Å². The zero-order chi connectivity index (χ0) is 11.5. The van der Waals surface area contributed by atoms with Gasteiger partial charge in [-0.05, 0) is 29.5 Å². The van der Waals surface area contributed by atoms with Crippen molar-refractivity contribution < 1.29 is 4.84 Å². The number of hydrogen-bond donors (Lipinski definition) is 1. The minimum absolute atomic E-state index is 0.281. The van der Waals surface area contributed by atoms with Crippen molar-refractivity contribution in [3.63, 3.8) is 0 Å². The molecule has 2 nitrogen and oxygen atoms in total. The van der Waals surface area contributed by atoms with E-state index in [-0.39, 0.29) is 5.41 Å². The molecular formula is C13H19NO. The van der Waals surface area contributed by atoms with Crippen LogP contribution in [0.1, 0.15) is 31.9 Å². The number of rotatable bonds is 3. The number of nitrogens with two attached hydrogens (primary N) is 1. The van der Waals surface area contributed by atoms with Crippen LogP contribution in [0.2, 0.25) is 0 Å². The molecule has 0 heterocycles. The van der Waals surface area contributed by atoms with Gasteiger partial charge in [-0.1, -0.05) is 39.5 Å². The second kappa shape index (κ2) is 4.49. The molecule has 2 heteroatoms. The lowest BCUT2D eigenvalue weighted by Gasteiger charge is -2.18. The van der Waals surface area contributed by atoms with Gasteiger partial charge in [-0.2, -0.15) is 5.90 Å². The predicted molar refractivity (Wildman–Crippen MR) is 64.5 cm³/mol. The Hall–Kier alpha value is -1.28. The summed E-state index contributed by atoms with van der Waals surface area (Å²) in [5.41, 5.74) is 2.50. The topological polar surface area (TPSA) is 35.2 Å². The van der Waals surface area contributed by atoms with E-state index in [2.05, 4.69) is 33.4 Å². The second-order valence-corrected chi connectivity index (χ2v) is 4.93. The minimum Gasteiger partial charge on any atom is -0.411 e. The van der Waals surface area contributed by atoms with E-state index >= 15 is 0 Å². The Bertz CT molecular complexity index is 350. The molecule has 0 unspecified atom stereocenters. The second-order valence-electron chi connectivity index (χ2n) is 4.93. The Balaban J connectivity index is 2.98. The first-order valence-electron chi connectivity index (χ1n) is 5.08. The predicted octanol–water partition coefficient (Wildman–Crippen LogP) is 3.17. The molecule has 1 rings (SSSR count). The zero-order valence-electron chi connectivity index (χ0n) is 9.71. The van der Waals surface area contributed by atoms with E-state index in [4.69, 9.17) is 10.7 Å². The van der Waals surface area contributed by atoms with Crippen LogP contribution < -0.4 is 10.7 Å². The molecular weight excluding hydrogens is 186 g/mol. The highest BCUT2D eigenvalue weighted by atomic mass is 16.6. The summed E-state index contributed by atoms with van der Waals surface area (Å²) in [7, 11) is 0. The van der Waals surface area contributed by atoms with Crippen LogP contribution in [-0.2, 0) is 6.42 Å². The average molecular weight is 205 g/mol. The average Bonchev–Trinajstić information content (AvgIpc) is 2.15. The van der Waals surface area contributed by atoms with E-state index in [1.54, 1.807) is 6.08 Å². The van der Waals surface area contributed by atoms with Crippen molar-refractivity contribution in [1.29, 1.82) is 0 Å². The zero-order valence-corrected chi connectivity index (χ0v) is 9.71. The molecule has 0 saturated heterocycles. The highest BCUT2D eigenvalue weighted by molar-refractivity contribution is 5.56. The summed E-state index contributed by atoms with van der Waals surface area (Å²) < 4.78 is 0. The van der Waals surface area contributed by atoms with Crippen LogP contribution in [0.25, 0.3) is 6.08 Å². The van der Waals surface area contributed by atoms with Gasteiger partial charge in [-0.3, -0.25) is 0 Å². The van der Waals surface area contributed by atoms with Crippen LogP contribution in [-0.4, -0.2) is 0 Å². The minimum atomic E-state index is 0.281. The lowest BCUT2D eigenvalue weighted by atomic mass is 9.87. The Morgan fingerprint density at radius 3 is 2.53 bits per heavy atom. The highest BCUT2D eigenvalue weighted by Gasteiger charge is 2.12. The van der Waals surface area contributed by atoms with Crippen LogP contribution in [0, 0.1) is 5.41 Å². The van der Waals surface area contributed by atoms with Gasteiger partial charge in [0.2, 0.25) is 0 Å². The van der Waals surface area contributed by atoms with E-state index in [9.17, 15) is 0 Å². The molecule has 0 amide bonds. The van der Waals surface area contributed by atoms with Gasteiger partial charge >= 0.3 is 0 Å². The lowest BCUT2D eigenvalue weighted by molar-refractivity contribution is 0.333. The summed E-state index contributed by atoms with van der Waals surface area (Å²) in [6.45, 7) is 10.4.